The SMILES string of the molecule is CCNC(C)CN1c2ccccc2Sc2ccccc21. The van der Waals surface area contributed by atoms with Gasteiger partial charge in [0.1, 0.15) is 0 Å². The van der Waals surface area contributed by atoms with Gasteiger partial charge in [0.25, 0.3) is 0 Å². The van der Waals surface area contributed by atoms with Crippen LogP contribution in [0.2, 0.25) is 0 Å². The van der Waals surface area contributed by atoms with Gasteiger partial charge in [0.05, 0.1) is 11.4 Å². The molecule has 0 saturated carbocycles. The van der Waals surface area contributed by atoms with Gasteiger partial charge in [-0.15, -0.1) is 0 Å². The smallest absolute Gasteiger partial charge is 0.0553 e. The summed E-state index contributed by atoms with van der Waals surface area (Å²) in [6, 6.07) is 17.8. The second kappa shape index (κ2) is 5.90. The third-order valence-electron chi connectivity index (χ3n) is 3.54. The summed E-state index contributed by atoms with van der Waals surface area (Å²) in [7, 11) is 0. The van der Waals surface area contributed by atoms with E-state index in [-0.39, 0.29) is 0 Å². The van der Waals surface area contributed by atoms with Gasteiger partial charge in [0.2, 0.25) is 0 Å². The maximum atomic E-state index is 3.51. The van der Waals surface area contributed by atoms with Gasteiger partial charge in [0, 0.05) is 22.4 Å². The molecule has 3 rings (SSSR count). The maximum Gasteiger partial charge on any atom is 0.0553 e. The van der Waals surface area contributed by atoms with Crippen molar-refractivity contribution in [2.75, 3.05) is 18.0 Å². The first kappa shape index (κ1) is 13.5. The van der Waals surface area contributed by atoms with Gasteiger partial charge in [0.15, 0.2) is 0 Å². The molecule has 0 amide bonds. The van der Waals surface area contributed by atoms with Gasteiger partial charge in [-0.05, 0) is 37.7 Å². The zero-order valence-electron chi connectivity index (χ0n) is 12.0. The Kier molecular flexibility index (Phi) is 3.99. The lowest BCUT2D eigenvalue weighted by molar-refractivity contribution is 0.569. The van der Waals surface area contributed by atoms with Crippen molar-refractivity contribution in [2.24, 2.45) is 0 Å². The number of rotatable bonds is 4. The molecule has 3 heteroatoms. The summed E-state index contributed by atoms with van der Waals surface area (Å²) >= 11 is 1.86. The highest BCUT2D eigenvalue weighted by atomic mass is 32.2. The molecule has 1 unspecified atom stereocenters. The molecule has 0 saturated heterocycles. The van der Waals surface area contributed by atoms with Crippen LogP contribution in [0.1, 0.15) is 13.8 Å². The third kappa shape index (κ3) is 2.56. The van der Waals surface area contributed by atoms with Crippen molar-refractivity contribution in [1.29, 1.82) is 0 Å². The summed E-state index contributed by atoms with van der Waals surface area (Å²) in [6.07, 6.45) is 0. The predicted molar refractivity (Wildman–Crippen MR) is 87.2 cm³/mol. The lowest BCUT2D eigenvalue weighted by Crippen LogP contribution is -2.37. The van der Waals surface area contributed by atoms with E-state index in [1.807, 2.05) is 11.8 Å². The zero-order valence-corrected chi connectivity index (χ0v) is 12.8. The summed E-state index contributed by atoms with van der Waals surface area (Å²) in [4.78, 5) is 5.12. The minimum atomic E-state index is 0.462. The van der Waals surface area contributed by atoms with Crippen molar-refractivity contribution in [3.05, 3.63) is 48.5 Å². The monoisotopic (exact) mass is 284 g/mol. The number of nitrogens with zero attached hydrogens (tertiary/aromatic N) is 1. The van der Waals surface area contributed by atoms with Gasteiger partial charge < -0.3 is 10.2 Å². The Bertz CT molecular complexity index is 552. The predicted octanol–water partition coefficient (Wildman–Crippen LogP) is 4.29. The van der Waals surface area contributed by atoms with Gasteiger partial charge in [-0.1, -0.05) is 43.0 Å². The summed E-state index contributed by atoms with van der Waals surface area (Å²) in [6.45, 7) is 6.40. The fourth-order valence-corrected chi connectivity index (χ4v) is 3.76. The van der Waals surface area contributed by atoms with E-state index in [1.54, 1.807) is 0 Å². The minimum absolute atomic E-state index is 0.462. The summed E-state index contributed by atoms with van der Waals surface area (Å²) in [5.41, 5.74) is 2.64. The molecule has 20 heavy (non-hydrogen) atoms. The van der Waals surface area contributed by atoms with Crippen LogP contribution in [0.3, 0.4) is 0 Å². The van der Waals surface area contributed by atoms with Crippen molar-refractivity contribution in [2.45, 2.75) is 29.7 Å². The van der Waals surface area contributed by atoms with Gasteiger partial charge in [-0.3, -0.25) is 0 Å². The van der Waals surface area contributed by atoms with E-state index in [4.69, 9.17) is 0 Å². The van der Waals surface area contributed by atoms with E-state index in [2.05, 4.69) is 72.6 Å². The molecule has 0 fully saturated rings. The van der Waals surface area contributed by atoms with Crippen LogP contribution < -0.4 is 10.2 Å². The van der Waals surface area contributed by atoms with E-state index < -0.39 is 0 Å². The van der Waals surface area contributed by atoms with Crippen LogP contribution in [0.15, 0.2) is 58.3 Å². The van der Waals surface area contributed by atoms with Gasteiger partial charge in [-0.25, -0.2) is 0 Å². The largest absolute Gasteiger partial charge is 0.338 e. The van der Waals surface area contributed by atoms with Crippen LogP contribution >= 0.6 is 11.8 Å². The minimum Gasteiger partial charge on any atom is -0.338 e. The topological polar surface area (TPSA) is 15.3 Å². The molecule has 0 aliphatic carbocycles. The number of benzene rings is 2. The van der Waals surface area contributed by atoms with Crippen molar-refractivity contribution in [3.63, 3.8) is 0 Å². The maximum absolute atomic E-state index is 3.51. The highest BCUT2D eigenvalue weighted by molar-refractivity contribution is 7.99. The van der Waals surface area contributed by atoms with E-state index in [9.17, 15) is 0 Å². The van der Waals surface area contributed by atoms with Crippen LogP contribution in [-0.2, 0) is 0 Å². The van der Waals surface area contributed by atoms with Crippen molar-refractivity contribution >= 4 is 23.1 Å². The molecule has 0 aromatic heterocycles. The van der Waals surface area contributed by atoms with Crippen LogP contribution in [-0.4, -0.2) is 19.1 Å². The summed E-state index contributed by atoms with van der Waals surface area (Å²) < 4.78 is 0. The lowest BCUT2D eigenvalue weighted by Gasteiger charge is -2.34. The van der Waals surface area contributed by atoms with Crippen molar-refractivity contribution in [1.82, 2.24) is 5.32 Å². The first-order valence-electron chi connectivity index (χ1n) is 7.16. The second-order valence-electron chi connectivity index (χ2n) is 5.11. The lowest BCUT2D eigenvalue weighted by atomic mass is 10.2. The standard InChI is InChI=1S/C17H20N2S/c1-3-18-13(2)12-19-14-8-4-6-10-16(14)20-17-11-7-5-9-15(17)19/h4-11,13,18H,3,12H2,1-2H3. The first-order chi connectivity index (χ1) is 9.79. The fraction of sp³-hybridized carbons (Fsp3) is 0.294. The quantitative estimate of drug-likeness (QED) is 0.901. The van der Waals surface area contributed by atoms with Crippen LogP contribution in [0.4, 0.5) is 11.4 Å². The van der Waals surface area contributed by atoms with Crippen molar-refractivity contribution in [3.8, 4) is 0 Å². The van der Waals surface area contributed by atoms with Crippen LogP contribution in [0.5, 0.6) is 0 Å². The summed E-state index contributed by atoms with van der Waals surface area (Å²) in [5, 5.41) is 3.51. The Balaban J connectivity index is 1.99. The van der Waals surface area contributed by atoms with E-state index in [0.717, 1.165) is 13.1 Å². The number of para-hydroxylation sites is 2. The molecular weight excluding hydrogens is 264 g/mol. The first-order valence-corrected chi connectivity index (χ1v) is 7.98. The molecule has 104 valence electrons. The molecule has 2 aromatic carbocycles. The molecule has 0 spiro atoms. The highest BCUT2D eigenvalue weighted by Crippen LogP contribution is 2.47. The molecule has 0 radical (unpaired) electrons. The molecule has 2 aromatic rings. The normalized spacial score (nSPS) is 14.6. The highest BCUT2D eigenvalue weighted by Gasteiger charge is 2.23. The Labute approximate surface area is 125 Å². The van der Waals surface area contributed by atoms with Crippen LogP contribution in [0.25, 0.3) is 0 Å². The van der Waals surface area contributed by atoms with E-state index in [0.29, 0.717) is 6.04 Å². The molecule has 0 bridgehead atoms. The molecule has 1 aliphatic heterocycles. The molecule has 1 atom stereocenters. The van der Waals surface area contributed by atoms with Gasteiger partial charge in [-0.2, -0.15) is 0 Å². The van der Waals surface area contributed by atoms with Crippen LogP contribution in [0, 0.1) is 0 Å². The number of likely N-dealkylation sites (N-methyl/N-ethyl adjacent to an activating group) is 1. The molecule has 2 nitrogen and oxygen atoms in total. The second-order valence-corrected chi connectivity index (χ2v) is 6.19. The number of fused-ring (bicyclic) bond motifs is 2. The third-order valence-corrected chi connectivity index (χ3v) is 4.67. The van der Waals surface area contributed by atoms with Gasteiger partial charge >= 0.3 is 0 Å². The Morgan fingerprint density at radius 2 is 1.55 bits per heavy atom. The molecular formula is C17H20N2S. The van der Waals surface area contributed by atoms with E-state index in [1.165, 1.54) is 21.2 Å². The summed E-state index contributed by atoms with van der Waals surface area (Å²) in [5.74, 6) is 0. The molecule has 1 aliphatic rings. The van der Waals surface area contributed by atoms with E-state index >= 15 is 0 Å². The zero-order chi connectivity index (χ0) is 13.9. The number of hydrogen-bond acceptors (Lipinski definition) is 3. The fourth-order valence-electron chi connectivity index (χ4n) is 2.66. The Morgan fingerprint density at radius 1 is 1.00 bits per heavy atom. The molecule has 1 heterocycles. The Morgan fingerprint density at radius 3 is 2.10 bits per heavy atom. The number of anilines is 2. The average Bonchev–Trinajstić information content (AvgIpc) is 2.47. The van der Waals surface area contributed by atoms with Crippen molar-refractivity contribution < 1.29 is 0 Å². The number of nitrogens with one attached hydrogen (secondary N) is 1. The molecule has 1 N–H and O–H groups in total. The number of hydrogen-bond donors (Lipinski definition) is 1. The average molecular weight is 284 g/mol. The Hall–Kier alpha value is -1.45.